The number of hydrogen-bond donors (Lipinski definition) is 0. The standard InChI is InChI=1S/C10H18N2O/c1-8(11-13-2)10-7-12-5-3-9(10)4-6-12/h9-10H,3-7H2,1-2H3/b11-8+. The van der Waals surface area contributed by atoms with Gasteiger partial charge in [-0.2, -0.15) is 0 Å². The van der Waals surface area contributed by atoms with Gasteiger partial charge in [0.15, 0.2) is 0 Å². The molecule has 2 bridgehead atoms. The van der Waals surface area contributed by atoms with Crippen LogP contribution in [0.3, 0.4) is 0 Å². The molecule has 0 aromatic rings. The molecule has 0 amide bonds. The highest BCUT2D eigenvalue weighted by Crippen LogP contribution is 2.33. The van der Waals surface area contributed by atoms with Crippen LogP contribution in [0.15, 0.2) is 5.16 Å². The van der Waals surface area contributed by atoms with E-state index in [2.05, 4.69) is 17.0 Å². The van der Waals surface area contributed by atoms with Crippen LogP contribution < -0.4 is 0 Å². The lowest BCUT2D eigenvalue weighted by atomic mass is 9.77. The highest BCUT2D eigenvalue weighted by Gasteiger charge is 2.35. The Kier molecular flexibility index (Phi) is 2.54. The average molecular weight is 182 g/mol. The van der Waals surface area contributed by atoms with E-state index in [1.807, 2.05) is 0 Å². The molecule has 3 aliphatic heterocycles. The van der Waals surface area contributed by atoms with E-state index >= 15 is 0 Å². The molecule has 0 aliphatic carbocycles. The minimum absolute atomic E-state index is 0.655. The maximum Gasteiger partial charge on any atom is 0.106 e. The number of oxime groups is 1. The smallest absolute Gasteiger partial charge is 0.106 e. The molecule has 0 N–H and O–H groups in total. The van der Waals surface area contributed by atoms with E-state index in [1.165, 1.54) is 38.2 Å². The van der Waals surface area contributed by atoms with E-state index in [0.29, 0.717) is 5.92 Å². The van der Waals surface area contributed by atoms with Crippen LogP contribution in [0.5, 0.6) is 0 Å². The first-order valence-corrected chi connectivity index (χ1v) is 5.11. The van der Waals surface area contributed by atoms with Gasteiger partial charge in [0, 0.05) is 12.5 Å². The summed E-state index contributed by atoms with van der Waals surface area (Å²) in [4.78, 5) is 7.37. The van der Waals surface area contributed by atoms with Crippen molar-refractivity contribution in [3.05, 3.63) is 0 Å². The molecule has 0 saturated carbocycles. The van der Waals surface area contributed by atoms with Crippen LogP contribution in [-0.2, 0) is 4.84 Å². The Morgan fingerprint density at radius 1 is 1.38 bits per heavy atom. The molecule has 0 radical (unpaired) electrons. The van der Waals surface area contributed by atoms with Gasteiger partial charge >= 0.3 is 0 Å². The van der Waals surface area contributed by atoms with E-state index in [-0.39, 0.29) is 0 Å². The maximum absolute atomic E-state index is 4.83. The molecule has 74 valence electrons. The Hall–Kier alpha value is -0.570. The normalized spacial score (nSPS) is 39.2. The lowest BCUT2D eigenvalue weighted by Gasteiger charge is -2.44. The zero-order chi connectivity index (χ0) is 9.26. The Morgan fingerprint density at radius 3 is 2.54 bits per heavy atom. The van der Waals surface area contributed by atoms with Gasteiger partial charge < -0.3 is 9.74 Å². The molecule has 13 heavy (non-hydrogen) atoms. The van der Waals surface area contributed by atoms with Crippen molar-refractivity contribution >= 4 is 5.71 Å². The number of fused-ring (bicyclic) bond motifs is 3. The van der Waals surface area contributed by atoms with Crippen molar-refractivity contribution in [3.63, 3.8) is 0 Å². The third-order valence-corrected chi connectivity index (χ3v) is 3.43. The van der Waals surface area contributed by atoms with E-state index in [4.69, 9.17) is 4.84 Å². The molecular weight excluding hydrogens is 164 g/mol. The van der Waals surface area contributed by atoms with Gasteiger partial charge in [0.05, 0.1) is 5.71 Å². The molecular formula is C10H18N2O. The van der Waals surface area contributed by atoms with Crippen LogP contribution in [0.25, 0.3) is 0 Å². The molecule has 3 aliphatic rings. The van der Waals surface area contributed by atoms with Crippen molar-refractivity contribution < 1.29 is 4.84 Å². The molecule has 0 spiro atoms. The maximum atomic E-state index is 4.83. The van der Waals surface area contributed by atoms with Gasteiger partial charge in [-0.3, -0.25) is 0 Å². The zero-order valence-electron chi connectivity index (χ0n) is 8.49. The number of piperidine rings is 3. The first-order chi connectivity index (χ1) is 6.31. The summed E-state index contributed by atoms with van der Waals surface area (Å²) in [6.07, 6.45) is 2.70. The van der Waals surface area contributed by atoms with Crippen LogP contribution in [0.2, 0.25) is 0 Å². The first kappa shape index (κ1) is 9.00. The second-order valence-corrected chi connectivity index (χ2v) is 4.16. The first-order valence-electron chi connectivity index (χ1n) is 5.11. The van der Waals surface area contributed by atoms with Crippen molar-refractivity contribution in [3.8, 4) is 0 Å². The molecule has 3 nitrogen and oxygen atoms in total. The summed E-state index contributed by atoms with van der Waals surface area (Å²) in [5.41, 5.74) is 1.18. The number of rotatable bonds is 2. The Bertz CT molecular complexity index is 207. The van der Waals surface area contributed by atoms with E-state index in [9.17, 15) is 0 Å². The van der Waals surface area contributed by atoms with Crippen molar-refractivity contribution in [1.82, 2.24) is 4.90 Å². The van der Waals surface area contributed by atoms with Crippen LogP contribution in [0, 0.1) is 11.8 Å². The molecule has 0 aromatic carbocycles. The van der Waals surface area contributed by atoms with Gasteiger partial charge in [-0.25, -0.2) is 0 Å². The number of nitrogens with zero attached hydrogens (tertiary/aromatic N) is 2. The average Bonchev–Trinajstić information content (AvgIpc) is 2.20. The van der Waals surface area contributed by atoms with Gasteiger partial charge in [-0.1, -0.05) is 5.16 Å². The van der Waals surface area contributed by atoms with Crippen molar-refractivity contribution in [1.29, 1.82) is 0 Å². The van der Waals surface area contributed by atoms with Crippen LogP contribution in [-0.4, -0.2) is 37.4 Å². The summed E-state index contributed by atoms with van der Waals surface area (Å²) in [7, 11) is 1.63. The molecule has 3 saturated heterocycles. The fraction of sp³-hybridized carbons (Fsp3) is 0.900. The Labute approximate surface area is 79.7 Å². The molecule has 3 rings (SSSR count). The molecule has 3 fully saturated rings. The monoisotopic (exact) mass is 182 g/mol. The topological polar surface area (TPSA) is 24.8 Å². The van der Waals surface area contributed by atoms with Gasteiger partial charge in [-0.05, 0) is 38.8 Å². The van der Waals surface area contributed by atoms with Gasteiger partial charge in [-0.15, -0.1) is 0 Å². The third kappa shape index (κ3) is 1.70. The lowest BCUT2D eigenvalue weighted by molar-refractivity contribution is 0.0791. The summed E-state index contributed by atoms with van der Waals surface area (Å²) in [6.45, 7) is 5.88. The van der Waals surface area contributed by atoms with E-state index in [1.54, 1.807) is 7.11 Å². The highest BCUT2D eigenvalue weighted by atomic mass is 16.6. The van der Waals surface area contributed by atoms with E-state index < -0.39 is 0 Å². The Balaban J connectivity index is 2.04. The van der Waals surface area contributed by atoms with Gasteiger partial charge in [0.25, 0.3) is 0 Å². The summed E-state index contributed by atoms with van der Waals surface area (Å²) >= 11 is 0. The minimum atomic E-state index is 0.655. The summed E-state index contributed by atoms with van der Waals surface area (Å²) in [5, 5.41) is 4.06. The van der Waals surface area contributed by atoms with Crippen molar-refractivity contribution in [2.24, 2.45) is 17.0 Å². The van der Waals surface area contributed by atoms with Crippen LogP contribution >= 0.6 is 0 Å². The van der Waals surface area contributed by atoms with Crippen LogP contribution in [0.4, 0.5) is 0 Å². The fourth-order valence-corrected chi connectivity index (χ4v) is 2.65. The third-order valence-electron chi connectivity index (χ3n) is 3.43. The van der Waals surface area contributed by atoms with Crippen molar-refractivity contribution in [2.75, 3.05) is 26.7 Å². The quantitative estimate of drug-likeness (QED) is 0.475. The fourth-order valence-electron chi connectivity index (χ4n) is 2.65. The summed E-state index contributed by atoms with van der Waals surface area (Å²) in [5.74, 6) is 1.52. The molecule has 3 heteroatoms. The summed E-state index contributed by atoms with van der Waals surface area (Å²) < 4.78 is 0. The van der Waals surface area contributed by atoms with Crippen LogP contribution in [0.1, 0.15) is 19.8 Å². The Morgan fingerprint density at radius 2 is 2.08 bits per heavy atom. The zero-order valence-corrected chi connectivity index (χ0v) is 8.49. The summed E-state index contributed by atoms with van der Waals surface area (Å²) in [6, 6.07) is 0. The second kappa shape index (κ2) is 3.66. The van der Waals surface area contributed by atoms with Gasteiger partial charge in [0.2, 0.25) is 0 Å². The number of hydrogen-bond acceptors (Lipinski definition) is 3. The predicted molar refractivity (Wildman–Crippen MR) is 52.8 cm³/mol. The molecule has 0 aromatic heterocycles. The second-order valence-electron chi connectivity index (χ2n) is 4.16. The minimum Gasteiger partial charge on any atom is -0.399 e. The van der Waals surface area contributed by atoms with E-state index in [0.717, 1.165) is 5.92 Å². The molecule has 1 unspecified atom stereocenters. The van der Waals surface area contributed by atoms with Crippen molar-refractivity contribution in [2.45, 2.75) is 19.8 Å². The largest absolute Gasteiger partial charge is 0.399 e. The predicted octanol–water partition coefficient (Wildman–Crippen LogP) is 1.35. The van der Waals surface area contributed by atoms with Gasteiger partial charge in [0.1, 0.15) is 7.11 Å². The SMILES string of the molecule is CO/N=C(\C)C1CN2CCC1CC2. The molecule has 1 atom stereocenters. The molecule has 3 heterocycles. The lowest BCUT2D eigenvalue weighted by Crippen LogP contribution is -2.49. The highest BCUT2D eigenvalue weighted by molar-refractivity contribution is 5.84.